The van der Waals surface area contributed by atoms with E-state index in [4.69, 9.17) is 4.74 Å². The van der Waals surface area contributed by atoms with Crippen LogP contribution in [0.4, 0.5) is 4.79 Å². The number of aryl methyl sites for hydroxylation is 2. The van der Waals surface area contributed by atoms with Crippen LogP contribution in [0.1, 0.15) is 30.3 Å². The quantitative estimate of drug-likeness (QED) is 0.797. The predicted octanol–water partition coefficient (Wildman–Crippen LogP) is 2.31. The summed E-state index contributed by atoms with van der Waals surface area (Å²) in [4.78, 5) is 15.5. The molecule has 2 rings (SSSR count). The molecule has 0 saturated carbocycles. The van der Waals surface area contributed by atoms with Crippen LogP contribution in [0.3, 0.4) is 0 Å². The van der Waals surface area contributed by atoms with Gasteiger partial charge in [0, 0.05) is 18.9 Å². The molecular weight excluding hydrogens is 280 g/mol. The number of nitrogens with zero attached hydrogens (tertiary/aromatic N) is 3. The number of carbonyl (C=O) groups is 1. The van der Waals surface area contributed by atoms with E-state index in [1.807, 2.05) is 36.0 Å². The SMILES string of the molecule is CCOC(=O)NCCCc1cn(Cc2ccccn2)nc1C. The molecule has 0 spiro atoms. The van der Waals surface area contributed by atoms with E-state index in [1.54, 1.807) is 13.1 Å². The Morgan fingerprint density at radius 1 is 1.41 bits per heavy atom. The third kappa shape index (κ3) is 4.87. The Morgan fingerprint density at radius 3 is 3.00 bits per heavy atom. The van der Waals surface area contributed by atoms with Crippen LogP contribution in [0, 0.1) is 6.92 Å². The average molecular weight is 302 g/mol. The van der Waals surface area contributed by atoms with Crippen molar-refractivity contribution in [3.05, 3.63) is 47.5 Å². The molecule has 1 N–H and O–H groups in total. The lowest BCUT2D eigenvalue weighted by Crippen LogP contribution is -2.25. The molecule has 2 aromatic rings. The zero-order chi connectivity index (χ0) is 15.8. The standard InChI is InChI=1S/C16H22N4O2/c1-3-22-16(21)18-10-6-7-14-11-20(19-13(14)2)12-15-8-4-5-9-17-15/h4-5,8-9,11H,3,6-7,10,12H2,1-2H3,(H,18,21). The van der Waals surface area contributed by atoms with Gasteiger partial charge in [-0.25, -0.2) is 4.79 Å². The number of rotatable bonds is 7. The Balaban J connectivity index is 1.81. The van der Waals surface area contributed by atoms with E-state index in [9.17, 15) is 4.79 Å². The molecule has 0 aliphatic rings. The number of hydrogen-bond acceptors (Lipinski definition) is 4. The number of hydrogen-bond donors (Lipinski definition) is 1. The lowest BCUT2D eigenvalue weighted by molar-refractivity contribution is 0.152. The van der Waals surface area contributed by atoms with Crippen LogP contribution in [-0.4, -0.2) is 34.0 Å². The van der Waals surface area contributed by atoms with Crippen molar-refractivity contribution < 1.29 is 9.53 Å². The molecule has 0 bridgehead atoms. The van der Waals surface area contributed by atoms with Crippen molar-refractivity contribution in [1.82, 2.24) is 20.1 Å². The number of amides is 1. The molecule has 118 valence electrons. The maximum absolute atomic E-state index is 11.2. The molecule has 0 aromatic carbocycles. The number of alkyl carbamates (subject to hydrolysis) is 1. The van der Waals surface area contributed by atoms with Gasteiger partial charge in [-0.2, -0.15) is 5.10 Å². The summed E-state index contributed by atoms with van der Waals surface area (Å²) in [5.41, 5.74) is 3.20. The highest BCUT2D eigenvalue weighted by molar-refractivity contribution is 5.66. The van der Waals surface area contributed by atoms with E-state index in [0.717, 1.165) is 24.2 Å². The molecule has 0 saturated heterocycles. The summed E-state index contributed by atoms with van der Waals surface area (Å²) in [7, 11) is 0. The average Bonchev–Trinajstić information content (AvgIpc) is 2.85. The molecule has 2 aromatic heterocycles. The van der Waals surface area contributed by atoms with Crippen molar-refractivity contribution in [2.24, 2.45) is 0 Å². The van der Waals surface area contributed by atoms with E-state index in [-0.39, 0.29) is 6.09 Å². The lowest BCUT2D eigenvalue weighted by atomic mass is 10.1. The van der Waals surface area contributed by atoms with Gasteiger partial charge in [0.15, 0.2) is 0 Å². The minimum absolute atomic E-state index is 0.356. The summed E-state index contributed by atoms with van der Waals surface area (Å²) in [6.07, 6.45) is 5.21. The number of ether oxygens (including phenoxy) is 1. The molecule has 0 radical (unpaired) electrons. The number of aromatic nitrogens is 3. The van der Waals surface area contributed by atoms with Gasteiger partial charge in [0.2, 0.25) is 0 Å². The zero-order valence-corrected chi connectivity index (χ0v) is 13.1. The smallest absolute Gasteiger partial charge is 0.407 e. The number of pyridine rings is 1. The second-order valence-corrected chi connectivity index (χ2v) is 5.01. The topological polar surface area (TPSA) is 69.0 Å². The van der Waals surface area contributed by atoms with Gasteiger partial charge in [-0.15, -0.1) is 0 Å². The summed E-state index contributed by atoms with van der Waals surface area (Å²) in [5.74, 6) is 0. The van der Waals surface area contributed by atoms with Crippen molar-refractivity contribution in [1.29, 1.82) is 0 Å². The van der Waals surface area contributed by atoms with Gasteiger partial charge in [0.05, 0.1) is 24.5 Å². The molecule has 6 nitrogen and oxygen atoms in total. The van der Waals surface area contributed by atoms with Crippen LogP contribution in [0.5, 0.6) is 0 Å². The first kappa shape index (κ1) is 16.0. The highest BCUT2D eigenvalue weighted by Crippen LogP contribution is 2.09. The van der Waals surface area contributed by atoms with Gasteiger partial charge in [-0.1, -0.05) is 6.07 Å². The minimum atomic E-state index is -0.356. The molecule has 0 unspecified atom stereocenters. The Labute approximate surface area is 130 Å². The van der Waals surface area contributed by atoms with Gasteiger partial charge in [0.25, 0.3) is 0 Å². The van der Waals surface area contributed by atoms with Crippen molar-refractivity contribution in [3.8, 4) is 0 Å². The van der Waals surface area contributed by atoms with Crippen molar-refractivity contribution in [3.63, 3.8) is 0 Å². The first-order valence-corrected chi connectivity index (χ1v) is 7.52. The molecule has 22 heavy (non-hydrogen) atoms. The van der Waals surface area contributed by atoms with Gasteiger partial charge in [0.1, 0.15) is 0 Å². The monoisotopic (exact) mass is 302 g/mol. The van der Waals surface area contributed by atoms with Crippen LogP contribution < -0.4 is 5.32 Å². The lowest BCUT2D eigenvalue weighted by Gasteiger charge is -2.04. The van der Waals surface area contributed by atoms with Crippen LogP contribution in [0.2, 0.25) is 0 Å². The second kappa shape index (κ2) is 8.17. The molecule has 0 atom stereocenters. The molecule has 0 fully saturated rings. The van der Waals surface area contributed by atoms with Crippen molar-refractivity contribution in [2.45, 2.75) is 33.2 Å². The number of nitrogens with one attached hydrogen (secondary N) is 1. The minimum Gasteiger partial charge on any atom is -0.450 e. The van der Waals surface area contributed by atoms with Gasteiger partial charge < -0.3 is 10.1 Å². The van der Waals surface area contributed by atoms with E-state index >= 15 is 0 Å². The fourth-order valence-electron chi connectivity index (χ4n) is 2.19. The van der Waals surface area contributed by atoms with Crippen molar-refractivity contribution >= 4 is 6.09 Å². The van der Waals surface area contributed by atoms with E-state index in [1.165, 1.54) is 5.56 Å². The second-order valence-electron chi connectivity index (χ2n) is 5.01. The molecule has 2 heterocycles. The molecular formula is C16H22N4O2. The van der Waals surface area contributed by atoms with Crippen LogP contribution in [0.15, 0.2) is 30.6 Å². The predicted molar refractivity (Wildman–Crippen MR) is 83.6 cm³/mol. The zero-order valence-electron chi connectivity index (χ0n) is 13.1. The van der Waals surface area contributed by atoms with Gasteiger partial charge in [-0.05, 0) is 44.4 Å². The third-order valence-corrected chi connectivity index (χ3v) is 3.27. The van der Waals surface area contributed by atoms with Crippen molar-refractivity contribution in [2.75, 3.05) is 13.2 Å². The van der Waals surface area contributed by atoms with Gasteiger partial charge in [-0.3, -0.25) is 9.67 Å². The molecule has 6 heteroatoms. The Morgan fingerprint density at radius 2 is 2.27 bits per heavy atom. The summed E-state index contributed by atoms with van der Waals surface area (Å²) in [5, 5.41) is 7.24. The van der Waals surface area contributed by atoms with E-state index < -0.39 is 0 Å². The third-order valence-electron chi connectivity index (χ3n) is 3.27. The summed E-state index contributed by atoms with van der Waals surface area (Å²) in [6, 6.07) is 5.86. The number of carbonyl (C=O) groups excluding carboxylic acids is 1. The first-order chi connectivity index (χ1) is 10.7. The highest BCUT2D eigenvalue weighted by atomic mass is 16.5. The Kier molecular flexibility index (Phi) is 5.94. The summed E-state index contributed by atoms with van der Waals surface area (Å²) < 4.78 is 6.72. The molecule has 0 aliphatic carbocycles. The van der Waals surface area contributed by atoms with Crippen LogP contribution in [-0.2, 0) is 17.7 Å². The Bertz CT molecular complexity index is 595. The van der Waals surface area contributed by atoms with E-state index in [0.29, 0.717) is 19.7 Å². The Hall–Kier alpha value is -2.37. The fraction of sp³-hybridized carbons (Fsp3) is 0.438. The largest absolute Gasteiger partial charge is 0.450 e. The van der Waals surface area contributed by atoms with Crippen LogP contribution in [0.25, 0.3) is 0 Å². The van der Waals surface area contributed by atoms with E-state index in [2.05, 4.69) is 15.4 Å². The highest BCUT2D eigenvalue weighted by Gasteiger charge is 2.06. The summed E-state index contributed by atoms with van der Waals surface area (Å²) >= 11 is 0. The summed E-state index contributed by atoms with van der Waals surface area (Å²) in [6.45, 7) is 5.46. The van der Waals surface area contributed by atoms with Gasteiger partial charge >= 0.3 is 6.09 Å². The first-order valence-electron chi connectivity index (χ1n) is 7.52. The normalized spacial score (nSPS) is 10.5. The maximum atomic E-state index is 11.2. The molecule has 1 amide bonds. The van der Waals surface area contributed by atoms with Crippen LogP contribution >= 0.6 is 0 Å². The maximum Gasteiger partial charge on any atom is 0.407 e. The molecule has 0 aliphatic heterocycles. The fourth-order valence-corrected chi connectivity index (χ4v) is 2.19.